The van der Waals surface area contributed by atoms with Crippen molar-refractivity contribution in [3.63, 3.8) is 0 Å². The highest BCUT2D eigenvalue weighted by Crippen LogP contribution is 2.13. The number of aromatic nitrogens is 2. The van der Waals surface area contributed by atoms with E-state index in [4.69, 9.17) is 0 Å². The molecular weight excluding hydrogens is 164 g/mol. The van der Waals surface area contributed by atoms with Gasteiger partial charge in [0.2, 0.25) is 0 Å². The summed E-state index contributed by atoms with van der Waals surface area (Å²) in [4.78, 5) is 0. The Morgan fingerprint density at radius 3 is 1.60 bits per heavy atom. The molecule has 0 spiro atoms. The Balaban J connectivity index is 2.80. The van der Waals surface area contributed by atoms with Crippen LogP contribution in [0.3, 0.4) is 0 Å². The van der Waals surface area contributed by atoms with Gasteiger partial charge in [0.1, 0.15) is 10.1 Å². The van der Waals surface area contributed by atoms with E-state index in [1.54, 1.807) is 23.5 Å². The molecule has 0 atom stereocenters. The zero-order valence-corrected chi connectivity index (χ0v) is 7.50. The van der Waals surface area contributed by atoms with Crippen LogP contribution in [-0.4, -0.2) is 22.7 Å². The van der Waals surface area contributed by atoms with Crippen molar-refractivity contribution in [1.29, 1.82) is 0 Å². The van der Waals surface area contributed by atoms with E-state index in [0.717, 1.165) is 10.1 Å². The smallest absolute Gasteiger partial charge is 0.119 e. The van der Waals surface area contributed by atoms with Crippen molar-refractivity contribution >= 4 is 23.5 Å². The molecule has 54 valence electrons. The summed E-state index contributed by atoms with van der Waals surface area (Å²) in [5.41, 5.74) is 0. The quantitative estimate of drug-likeness (QED) is 0.636. The Hall–Kier alpha value is -0.220. The first-order valence-electron chi connectivity index (χ1n) is 2.78. The predicted octanol–water partition coefficient (Wildman–Crippen LogP) is 1.92. The van der Waals surface area contributed by atoms with Gasteiger partial charge in [0.05, 0.1) is 0 Å². The van der Waals surface area contributed by atoms with Gasteiger partial charge in [-0.1, -0.05) is 0 Å². The fourth-order valence-corrected chi connectivity index (χ4v) is 1.18. The lowest BCUT2D eigenvalue weighted by molar-refractivity contribution is 0.857. The molecule has 1 aromatic rings. The van der Waals surface area contributed by atoms with E-state index in [1.807, 2.05) is 24.6 Å². The van der Waals surface area contributed by atoms with E-state index in [2.05, 4.69) is 10.2 Å². The molecule has 0 saturated carbocycles. The third-order valence-corrected chi connectivity index (χ3v) is 2.31. The summed E-state index contributed by atoms with van der Waals surface area (Å²) in [6.45, 7) is 0. The number of hydrogen-bond donors (Lipinski definition) is 0. The first-order chi connectivity index (χ1) is 4.86. The van der Waals surface area contributed by atoms with Gasteiger partial charge in [-0.2, -0.15) is 0 Å². The molecule has 0 N–H and O–H groups in total. The number of thioether (sulfide) groups is 2. The van der Waals surface area contributed by atoms with E-state index >= 15 is 0 Å². The summed E-state index contributed by atoms with van der Waals surface area (Å²) in [7, 11) is 0. The molecule has 0 unspecified atom stereocenters. The maximum atomic E-state index is 3.96. The highest BCUT2D eigenvalue weighted by Gasteiger charge is 1.92. The summed E-state index contributed by atoms with van der Waals surface area (Å²) in [5, 5.41) is 9.86. The molecule has 0 fully saturated rings. The van der Waals surface area contributed by atoms with Crippen LogP contribution in [0.5, 0.6) is 0 Å². The van der Waals surface area contributed by atoms with Crippen molar-refractivity contribution in [3.8, 4) is 0 Å². The Bertz CT molecular complexity index is 174. The van der Waals surface area contributed by atoms with Gasteiger partial charge >= 0.3 is 0 Å². The molecule has 1 aromatic heterocycles. The van der Waals surface area contributed by atoms with Crippen LogP contribution in [0.2, 0.25) is 0 Å². The summed E-state index contributed by atoms with van der Waals surface area (Å²) in [6.07, 6.45) is 3.98. The number of nitrogens with zero attached hydrogens (tertiary/aromatic N) is 2. The molecule has 1 rings (SSSR count). The predicted molar refractivity (Wildman–Crippen MR) is 45.6 cm³/mol. The van der Waals surface area contributed by atoms with Crippen LogP contribution in [0.4, 0.5) is 0 Å². The lowest BCUT2D eigenvalue weighted by atomic mass is 10.6. The van der Waals surface area contributed by atoms with Crippen LogP contribution < -0.4 is 0 Å². The normalized spacial score (nSPS) is 9.80. The van der Waals surface area contributed by atoms with E-state index in [-0.39, 0.29) is 0 Å². The molecule has 0 aliphatic carbocycles. The van der Waals surface area contributed by atoms with E-state index in [0.29, 0.717) is 0 Å². The van der Waals surface area contributed by atoms with Crippen molar-refractivity contribution in [1.82, 2.24) is 10.2 Å². The molecule has 0 bridgehead atoms. The minimum Gasteiger partial charge on any atom is -0.143 e. The summed E-state index contributed by atoms with van der Waals surface area (Å²) < 4.78 is 0. The second-order valence-corrected chi connectivity index (χ2v) is 3.27. The van der Waals surface area contributed by atoms with Gasteiger partial charge in [-0.3, -0.25) is 0 Å². The van der Waals surface area contributed by atoms with Crippen LogP contribution in [0, 0.1) is 0 Å². The van der Waals surface area contributed by atoms with E-state index < -0.39 is 0 Å². The standard InChI is InChI=1S/C6H8N2S2/c1-9-5-3-4-6(10-2)8-7-5/h3-4H,1-2H3. The van der Waals surface area contributed by atoms with Gasteiger partial charge in [-0.05, 0) is 24.6 Å². The molecule has 0 aromatic carbocycles. The Morgan fingerprint density at radius 2 is 1.40 bits per heavy atom. The molecule has 10 heavy (non-hydrogen) atoms. The average Bonchev–Trinajstić information content (AvgIpc) is 2.05. The maximum Gasteiger partial charge on any atom is 0.119 e. The minimum absolute atomic E-state index is 0.970. The maximum absolute atomic E-state index is 3.96. The molecule has 0 saturated heterocycles. The van der Waals surface area contributed by atoms with Gasteiger partial charge in [0.25, 0.3) is 0 Å². The van der Waals surface area contributed by atoms with Gasteiger partial charge in [-0.15, -0.1) is 33.7 Å². The van der Waals surface area contributed by atoms with Gasteiger partial charge in [-0.25, -0.2) is 0 Å². The summed E-state index contributed by atoms with van der Waals surface area (Å²) >= 11 is 3.21. The number of rotatable bonds is 2. The van der Waals surface area contributed by atoms with Crippen LogP contribution in [0.1, 0.15) is 0 Å². The topological polar surface area (TPSA) is 25.8 Å². The van der Waals surface area contributed by atoms with E-state index in [1.165, 1.54) is 0 Å². The molecule has 0 radical (unpaired) electrons. The monoisotopic (exact) mass is 172 g/mol. The second-order valence-electron chi connectivity index (χ2n) is 1.62. The second kappa shape index (κ2) is 3.83. The van der Waals surface area contributed by atoms with Crippen molar-refractivity contribution in [3.05, 3.63) is 12.1 Å². The highest BCUT2D eigenvalue weighted by atomic mass is 32.2. The van der Waals surface area contributed by atoms with Gasteiger partial charge in [0.15, 0.2) is 0 Å². The fraction of sp³-hybridized carbons (Fsp3) is 0.333. The largest absolute Gasteiger partial charge is 0.143 e. The number of hydrogen-bond acceptors (Lipinski definition) is 4. The van der Waals surface area contributed by atoms with Crippen LogP contribution in [0.15, 0.2) is 22.2 Å². The van der Waals surface area contributed by atoms with Crippen molar-refractivity contribution < 1.29 is 0 Å². The average molecular weight is 172 g/mol. The molecule has 4 heteroatoms. The van der Waals surface area contributed by atoms with Crippen LogP contribution >= 0.6 is 23.5 Å². The Kier molecular flexibility index (Phi) is 3.02. The summed E-state index contributed by atoms with van der Waals surface area (Å²) in [5.74, 6) is 0. The summed E-state index contributed by atoms with van der Waals surface area (Å²) in [6, 6.07) is 3.95. The van der Waals surface area contributed by atoms with Crippen LogP contribution in [0.25, 0.3) is 0 Å². The molecule has 0 aliphatic heterocycles. The van der Waals surface area contributed by atoms with Crippen molar-refractivity contribution in [2.24, 2.45) is 0 Å². The first kappa shape index (κ1) is 7.88. The van der Waals surface area contributed by atoms with Crippen molar-refractivity contribution in [2.75, 3.05) is 12.5 Å². The molecule has 2 nitrogen and oxygen atoms in total. The Labute approximate surface area is 68.8 Å². The zero-order chi connectivity index (χ0) is 7.40. The molecule has 0 aliphatic rings. The Morgan fingerprint density at radius 1 is 1.00 bits per heavy atom. The minimum atomic E-state index is 0.970. The fourth-order valence-electron chi connectivity index (χ4n) is 0.526. The SMILES string of the molecule is CSc1ccc(SC)nn1. The van der Waals surface area contributed by atoms with Gasteiger partial charge in [0, 0.05) is 0 Å². The van der Waals surface area contributed by atoms with Crippen LogP contribution in [-0.2, 0) is 0 Å². The molecular formula is C6H8N2S2. The molecule has 0 amide bonds. The van der Waals surface area contributed by atoms with Gasteiger partial charge < -0.3 is 0 Å². The third-order valence-electron chi connectivity index (χ3n) is 1.03. The zero-order valence-electron chi connectivity index (χ0n) is 5.87. The lowest BCUT2D eigenvalue weighted by Gasteiger charge is -1.94. The van der Waals surface area contributed by atoms with Crippen molar-refractivity contribution in [2.45, 2.75) is 10.1 Å². The highest BCUT2D eigenvalue weighted by molar-refractivity contribution is 7.98. The van der Waals surface area contributed by atoms with E-state index in [9.17, 15) is 0 Å². The third kappa shape index (κ3) is 1.88. The lowest BCUT2D eigenvalue weighted by Crippen LogP contribution is -1.85. The first-order valence-corrected chi connectivity index (χ1v) is 5.23. The molecule has 1 heterocycles.